The molecule has 1 amide bonds. The Morgan fingerprint density at radius 2 is 2.00 bits per heavy atom. The molecule has 0 fully saturated rings. The Hall–Kier alpha value is -1.10. The minimum atomic E-state index is -0.487. The second-order valence-corrected chi connectivity index (χ2v) is 3.79. The van der Waals surface area contributed by atoms with Crippen molar-refractivity contribution < 1.29 is 14.3 Å². The number of nitrogens with one attached hydrogen (secondary N) is 1. The molecule has 0 bridgehead atoms. The first-order valence-corrected chi connectivity index (χ1v) is 5.72. The highest BCUT2D eigenvalue weighted by Gasteiger charge is 2.17. The lowest BCUT2D eigenvalue weighted by Crippen LogP contribution is -2.43. The van der Waals surface area contributed by atoms with Crippen molar-refractivity contribution >= 4 is 11.9 Å². The number of carbonyl (C=O) groups is 2. The molecular formula is C11H22N2O3. The van der Waals surface area contributed by atoms with Gasteiger partial charge in [-0.3, -0.25) is 9.59 Å². The maximum atomic E-state index is 11.4. The summed E-state index contributed by atoms with van der Waals surface area (Å²) in [6.07, 6.45) is 1.52. The van der Waals surface area contributed by atoms with Crippen LogP contribution >= 0.6 is 0 Å². The second-order valence-electron chi connectivity index (χ2n) is 3.79. The normalized spacial score (nSPS) is 14.0. The summed E-state index contributed by atoms with van der Waals surface area (Å²) in [5.74, 6) is -0.845. The molecule has 3 N–H and O–H groups in total. The number of hydrogen-bond donors (Lipinski definition) is 2. The van der Waals surface area contributed by atoms with E-state index in [9.17, 15) is 9.59 Å². The van der Waals surface area contributed by atoms with Crippen LogP contribution in [-0.2, 0) is 14.3 Å². The van der Waals surface area contributed by atoms with Gasteiger partial charge in [0.1, 0.15) is 0 Å². The molecule has 0 heterocycles. The zero-order valence-corrected chi connectivity index (χ0v) is 10.3. The van der Waals surface area contributed by atoms with Gasteiger partial charge in [0.25, 0.3) is 0 Å². The summed E-state index contributed by atoms with van der Waals surface area (Å²) in [5.41, 5.74) is 5.62. The van der Waals surface area contributed by atoms with E-state index in [4.69, 9.17) is 10.5 Å². The minimum Gasteiger partial charge on any atom is -0.466 e. The molecule has 94 valence electrons. The van der Waals surface area contributed by atoms with Gasteiger partial charge < -0.3 is 15.8 Å². The molecule has 0 aromatic carbocycles. The van der Waals surface area contributed by atoms with Crippen molar-refractivity contribution in [3.05, 3.63) is 0 Å². The summed E-state index contributed by atoms with van der Waals surface area (Å²) in [4.78, 5) is 22.7. The van der Waals surface area contributed by atoms with Gasteiger partial charge in [-0.1, -0.05) is 20.3 Å². The average molecular weight is 230 g/mol. The predicted molar refractivity (Wildman–Crippen MR) is 61.7 cm³/mol. The average Bonchev–Trinajstić information content (AvgIpc) is 2.25. The molecule has 2 unspecified atom stereocenters. The van der Waals surface area contributed by atoms with Crippen LogP contribution in [0.3, 0.4) is 0 Å². The highest BCUT2D eigenvalue weighted by atomic mass is 16.5. The molecule has 0 spiro atoms. The molecule has 0 saturated heterocycles. The fourth-order valence-corrected chi connectivity index (χ4v) is 1.19. The van der Waals surface area contributed by atoms with Crippen LogP contribution in [0.2, 0.25) is 0 Å². The lowest BCUT2D eigenvalue weighted by atomic mass is 10.1. The summed E-state index contributed by atoms with van der Waals surface area (Å²) in [5, 5.41) is 2.64. The lowest BCUT2D eigenvalue weighted by Gasteiger charge is -2.14. The summed E-state index contributed by atoms with van der Waals surface area (Å²) >= 11 is 0. The van der Waals surface area contributed by atoms with Crippen molar-refractivity contribution in [2.45, 2.75) is 39.7 Å². The topological polar surface area (TPSA) is 81.4 Å². The van der Waals surface area contributed by atoms with Crippen LogP contribution in [0.4, 0.5) is 0 Å². The standard InChI is InChI=1S/C11H22N2O3/c1-4-6-9(12)10(14)13-7-8(3)11(15)16-5-2/h8-9H,4-7,12H2,1-3H3,(H,13,14). The van der Waals surface area contributed by atoms with E-state index in [0.717, 1.165) is 6.42 Å². The van der Waals surface area contributed by atoms with Gasteiger partial charge in [-0.15, -0.1) is 0 Å². The Kier molecular flexibility index (Phi) is 7.54. The smallest absolute Gasteiger partial charge is 0.310 e. The number of carbonyl (C=O) groups excluding carboxylic acids is 2. The number of rotatable bonds is 7. The van der Waals surface area contributed by atoms with Gasteiger partial charge in [-0.2, -0.15) is 0 Å². The summed E-state index contributed by atoms with van der Waals surface area (Å²) in [6, 6.07) is -0.487. The Morgan fingerprint density at radius 1 is 1.38 bits per heavy atom. The molecule has 2 atom stereocenters. The fraction of sp³-hybridized carbons (Fsp3) is 0.818. The van der Waals surface area contributed by atoms with E-state index in [0.29, 0.717) is 13.0 Å². The van der Waals surface area contributed by atoms with Crippen LogP contribution in [0.5, 0.6) is 0 Å². The number of esters is 1. The summed E-state index contributed by atoms with van der Waals surface area (Å²) in [7, 11) is 0. The van der Waals surface area contributed by atoms with Crippen molar-refractivity contribution in [2.24, 2.45) is 11.7 Å². The monoisotopic (exact) mass is 230 g/mol. The van der Waals surface area contributed by atoms with Gasteiger partial charge in [0, 0.05) is 6.54 Å². The lowest BCUT2D eigenvalue weighted by molar-refractivity contribution is -0.147. The Balaban J connectivity index is 3.86. The predicted octanol–water partition coefficient (Wildman–Crippen LogP) is 0.429. The van der Waals surface area contributed by atoms with E-state index < -0.39 is 6.04 Å². The third kappa shape index (κ3) is 5.70. The van der Waals surface area contributed by atoms with Crippen LogP contribution in [-0.4, -0.2) is 31.1 Å². The van der Waals surface area contributed by atoms with Crippen LogP contribution in [0.25, 0.3) is 0 Å². The number of ether oxygens (including phenoxy) is 1. The van der Waals surface area contributed by atoms with Gasteiger partial charge in [-0.05, 0) is 13.3 Å². The van der Waals surface area contributed by atoms with Gasteiger partial charge in [-0.25, -0.2) is 0 Å². The zero-order valence-electron chi connectivity index (χ0n) is 10.3. The van der Waals surface area contributed by atoms with Crippen LogP contribution in [0.1, 0.15) is 33.6 Å². The molecule has 0 aliphatic heterocycles. The van der Waals surface area contributed by atoms with Crippen LogP contribution in [0, 0.1) is 5.92 Å². The van der Waals surface area contributed by atoms with E-state index >= 15 is 0 Å². The highest BCUT2D eigenvalue weighted by Crippen LogP contribution is 1.98. The van der Waals surface area contributed by atoms with E-state index in [2.05, 4.69) is 5.32 Å². The maximum absolute atomic E-state index is 11.4. The second kappa shape index (κ2) is 8.10. The van der Waals surface area contributed by atoms with Crippen LogP contribution in [0.15, 0.2) is 0 Å². The molecule has 0 rings (SSSR count). The molecule has 5 nitrogen and oxygen atoms in total. The third-order valence-corrected chi connectivity index (χ3v) is 2.21. The van der Waals surface area contributed by atoms with Gasteiger partial charge >= 0.3 is 5.97 Å². The van der Waals surface area contributed by atoms with Crippen molar-refractivity contribution in [3.63, 3.8) is 0 Å². The number of hydrogen-bond acceptors (Lipinski definition) is 4. The summed E-state index contributed by atoms with van der Waals surface area (Å²) in [6.45, 7) is 6.06. The fourth-order valence-electron chi connectivity index (χ4n) is 1.19. The van der Waals surface area contributed by atoms with Crippen LogP contribution < -0.4 is 11.1 Å². The highest BCUT2D eigenvalue weighted by molar-refractivity contribution is 5.82. The van der Waals surface area contributed by atoms with Gasteiger partial charge in [0.15, 0.2) is 0 Å². The van der Waals surface area contributed by atoms with Gasteiger partial charge in [0.05, 0.1) is 18.6 Å². The summed E-state index contributed by atoms with van der Waals surface area (Å²) < 4.78 is 4.82. The largest absolute Gasteiger partial charge is 0.466 e. The van der Waals surface area contributed by atoms with E-state index in [1.807, 2.05) is 6.92 Å². The molecular weight excluding hydrogens is 208 g/mol. The Labute approximate surface area is 96.7 Å². The zero-order chi connectivity index (χ0) is 12.6. The third-order valence-electron chi connectivity index (χ3n) is 2.21. The minimum absolute atomic E-state index is 0.210. The maximum Gasteiger partial charge on any atom is 0.310 e. The van der Waals surface area contributed by atoms with E-state index in [-0.39, 0.29) is 24.3 Å². The van der Waals surface area contributed by atoms with E-state index in [1.54, 1.807) is 13.8 Å². The first-order chi connectivity index (χ1) is 7.52. The first-order valence-electron chi connectivity index (χ1n) is 5.72. The SMILES string of the molecule is CCCC(N)C(=O)NCC(C)C(=O)OCC. The van der Waals surface area contributed by atoms with E-state index in [1.165, 1.54) is 0 Å². The molecule has 0 radical (unpaired) electrons. The van der Waals surface area contributed by atoms with Crippen molar-refractivity contribution in [2.75, 3.05) is 13.2 Å². The molecule has 5 heteroatoms. The van der Waals surface area contributed by atoms with Gasteiger partial charge in [0.2, 0.25) is 5.91 Å². The first kappa shape index (κ1) is 14.9. The quantitative estimate of drug-likeness (QED) is 0.621. The molecule has 0 aliphatic rings. The van der Waals surface area contributed by atoms with Crippen molar-refractivity contribution in [1.82, 2.24) is 5.32 Å². The Bertz CT molecular complexity index is 231. The number of amides is 1. The molecule has 0 aromatic heterocycles. The Morgan fingerprint density at radius 3 is 2.50 bits per heavy atom. The molecule has 0 saturated carbocycles. The van der Waals surface area contributed by atoms with Crippen molar-refractivity contribution in [3.8, 4) is 0 Å². The number of nitrogens with two attached hydrogens (primary N) is 1. The molecule has 0 aliphatic carbocycles. The molecule has 0 aromatic rings. The van der Waals surface area contributed by atoms with Crippen molar-refractivity contribution in [1.29, 1.82) is 0 Å². The molecule has 16 heavy (non-hydrogen) atoms.